The van der Waals surface area contributed by atoms with E-state index < -0.39 is 6.10 Å². The predicted octanol–water partition coefficient (Wildman–Crippen LogP) is 1.24. The molecule has 25 heavy (non-hydrogen) atoms. The smallest absolute Gasteiger partial charge is 0.250 e. The van der Waals surface area contributed by atoms with Crippen LogP contribution in [0.15, 0.2) is 43.0 Å². The summed E-state index contributed by atoms with van der Waals surface area (Å²) in [4.78, 5) is 18.8. The molecule has 1 aromatic carbocycles. The number of hydrogen-bond donors (Lipinski definition) is 1. The zero-order chi connectivity index (χ0) is 17.6. The number of nitrogens with zero attached hydrogens (tertiary/aromatic N) is 4. The van der Waals surface area contributed by atoms with Gasteiger partial charge in [-0.05, 0) is 19.4 Å². The summed E-state index contributed by atoms with van der Waals surface area (Å²) in [7, 11) is 0. The molecular formula is C18H25N5O2. The fourth-order valence-electron chi connectivity index (χ4n) is 2.94. The van der Waals surface area contributed by atoms with Crippen LogP contribution in [0.1, 0.15) is 25.5 Å². The lowest BCUT2D eigenvalue weighted by Gasteiger charge is -2.33. The van der Waals surface area contributed by atoms with E-state index in [1.54, 1.807) is 11.0 Å². The molecule has 0 saturated carbocycles. The monoisotopic (exact) mass is 343 g/mol. The molecule has 0 radical (unpaired) electrons. The second-order valence-corrected chi connectivity index (χ2v) is 6.49. The van der Waals surface area contributed by atoms with E-state index in [4.69, 9.17) is 4.74 Å². The Balaban J connectivity index is 1.53. The molecule has 1 amide bonds. The molecule has 134 valence electrons. The number of carbonyl (C=O) groups is 1. The summed E-state index contributed by atoms with van der Waals surface area (Å²) in [6, 6.07) is 10.2. The fourth-order valence-corrected chi connectivity index (χ4v) is 2.94. The molecule has 3 atom stereocenters. The van der Waals surface area contributed by atoms with Gasteiger partial charge in [0, 0.05) is 25.7 Å². The first-order chi connectivity index (χ1) is 12.1. The van der Waals surface area contributed by atoms with E-state index in [1.165, 1.54) is 11.9 Å². The molecule has 1 N–H and O–H groups in total. The third kappa shape index (κ3) is 4.64. The normalized spacial score (nSPS) is 20.8. The maximum atomic E-state index is 12.6. The predicted molar refractivity (Wildman–Crippen MR) is 93.8 cm³/mol. The summed E-state index contributed by atoms with van der Waals surface area (Å²) < 4.78 is 7.43. The Morgan fingerprint density at radius 3 is 2.88 bits per heavy atom. The van der Waals surface area contributed by atoms with Gasteiger partial charge in [0.05, 0.1) is 12.6 Å². The van der Waals surface area contributed by atoms with Gasteiger partial charge in [0.2, 0.25) is 0 Å². The topological polar surface area (TPSA) is 72.3 Å². The Hall–Kier alpha value is -2.25. The Bertz CT molecular complexity index is 661. The minimum Gasteiger partial charge on any atom is -0.366 e. The zero-order valence-corrected chi connectivity index (χ0v) is 14.7. The zero-order valence-electron chi connectivity index (χ0n) is 14.7. The third-order valence-corrected chi connectivity index (χ3v) is 4.64. The van der Waals surface area contributed by atoms with E-state index in [-0.39, 0.29) is 18.0 Å². The van der Waals surface area contributed by atoms with E-state index in [9.17, 15) is 4.79 Å². The van der Waals surface area contributed by atoms with E-state index >= 15 is 0 Å². The van der Waals surface area contributed by atoms with Crippen molar-refractivity contribution in [1.82, 2.24) is 25.0 Å². The van der Waals surface area contributed by atoms with Crippen molar-refractivity contribution in [3.8, 4) is 0 Å². The SMILES string of the molecule is C[C@H](NC(=O)[C@@H]1CN(Cc2ccccc2)CCO1)[C@@H](C)n1cncn1. The van der Waals surface area contributed by atoms with E-state index in [2.05, 4.69) is 32.4 Å². The molecular weight excluding hydrogens is 318 g/mol. The molecule has 7 nitrogen and oxygen atoms in total. The van der Waals surface area contributed by atoms with Crippen molar-refractivity contribution in [3.63, 3.8) is 0 Å². The summed E-state index contributed by atoms with van der Waals surface area (Å²) in [5, 5.41) is 7.17. The van der Waals surface area contributed by atoms with Crippen LogP contribution in [-0.2, 0) is 16.1 Å². The van der Waals surface area contributed by atoms with Crippen molar-refractivity contribution in [1.29, 1.82) is 0 Å². The first-order valence-electron chi connectivity index (χ1n) is 8.66. The van der Waals surface area contributed by atoms with Crippen LogP contribution in [0.3, 0.4) is 0 Å². The summed E-state index contributed by atoms with van der Waals surface area (Å²) in [6.45, 7) is 6.81. The van der Waals surface area contributed by atoms with E-state index in [0.29, 0.717) is 13.2 Å². The van der Waals surface area contributed by atoms with Crippen molar-refractivity contribution in [2.24, 2.45) is 0 Å². The van der Waals surface area contributed by atoms with Gasteiger partial charge in [0.1, 0.15) is 18.8 Å². The number of ether oxygens (including phenoxy) is 1. The van der Waals surface area contributed by atoms with Crippen LogP contribution in [0.4, 0.5) is 0 Å². The van der Waals surface area contributed by atoms with Crippen molar-refractivity contribution in [2.45, 2.75) is 38.6 Å². The highest BCUT2D eigenvalue weighted by Crippen LogP contribution is 2.13. The lowest BCUT2D eigenvalue weighted by molar-refractivity contribution is -0.139. The van der Waals surface area contributed by atoms with Gasteiger partial charge in [-0.15, -0.1) is 0 Å². The van der Waals surface area contributed by atoms with Crippen LogP contribution in [0.5, 0.6) is 0 Å². The van der Waals surface area contributed by atoms with Gasteiger partial charge in [-0.1, -0.05) is 30.3 Å². The molecule has 1 saturated heterocycles. The standard InChI is InChI=1S/C18H25N5O2/c1-14(15(2)23-13-19-12-20-23)21-18(24)17-11-22(8-9-25-17)10-16-6-4-3-5-7-16/h3-7,12-15,17H,8-11H2,1-2H3,(H,21,24)/t14-,15+,17-/m0/s1. The number of amides is 1. The van der Waals surface area contributed by atoms with Crippen LogP contribution in [-0.4, -0.2) is 57.4 Å². The van der Waals surface area contributed by atoms with Crippen molar-refractivity contribution >= 4 is 5.91 Å². The highest BCUT2D eigenvalue weighted by Gasteiger charge is 2.28. The number of nitrogens with one attached hydrogen (secondary N) is 1. The maximum absolute atomic E-state index is 12.6. The highest BCUT2D eigenvalue weighted by molar-refractivity contribution is 5.81. The van der Waals surface area contributed by atoms with E-state index in [1.807, 2.05) is 32.0 Å². The number of rotatable bonds is 6. The molecule has 0 bridgehead atoms. The van der Waals surface area contributed by atoms with Crippen molar-refractivity contribution in [2.75, 3.05) is 19.7 Å². The second-order valence-electron chi connectivity index (χ2n) is 6.49. The van der Waals surface area contributed by atoms with Gasteiger partial charge in [0.25, 0.3) is 5.91 Å². The first-order valence-corrected chi connectivity index (χ1v) is 8.66. The summed E-state index contributed by atoms with van der Waals surface area (Å²) in [6.07, 6.45) is 2.71. The summed E-state index contributed by atoms with van der Waals surface area (Å²) in [5.41, 5.74) is 1.25. The maximum Gasteiger partial charge on any atom is 0.250 e. The molecule has 2 aromatic rings. The number of benzene rings is 1. The number of morpholine rings is 1. The molecule has 0 spiro atoms. The molecule has 1 fully saturated rings. The van der Waals surface area contributed by atoms with Crippen LogP contribution in [0.2, 0.25) is 0 Å². The molecule has 2 heterocycles. The largest absolute Gasteiger partial charge is 0.366 e. The molecule has 3 rings (SSSR count). The van der Waals surface area contributed by atoms with Crippen LogP contribution in [0, 0.1) is 0 Å². The number of carbonyl (C=O) groups excluding carboxylic acids is 1. The Labute approximate surface area is 148 Å². The van der Waals surface area contributed by atoms with Crippen LogP contribution < -0.4 is 5.32 Å². The summed E-state index contributed by atoms with van der Waals surface area (Å²) in [5.74, 6) is -0.0720. The average Bonchev–Trinajstić information content (AvgIpc) is 3.16. The van der Waals surface area contributed by atoms with Gasteiger partial charge < -0.3 is 10.1 Å². The van der Waals surface area contributed by atoms with E-state index in [0.717, 1.165) is 13.1 Å². The Kier molecular flexibility index (Phi) is 5.78. The summed E-state index contributed by atoms with van der Waals surface area (Å²) >= 11 is 0. The van der Waals surface area contributed by atoms with Crippen LogP contribution >= 0.6 is 0 Å². The van der Waals surface area contributed by atoms with Gasteiger partial charge in [-0.25, -0.2) is 9.67 Å². The van der Waals surface area contributed by atoms with Gasteiger partial charge in [0.15, 0.2) is 0 Å². The van der Waals surface area contributed by atoms with Gasteiger partial charge >= 0.3 is 0 Å². The fraction of sp³-hybridized carbons (Fsp3) is 0.500. The Morgan fingerprint density at radius 2 is 2.16 bits per heavy atom. The number of hydrogen-bond acceptors (Lipinski definition) is 5. The van der Waals surface area contributed by atoms with Crippen molar-refractivity contribution < 1.29 is 9.53 Å². The molecule has 0 unspecified atom stereocenters. The number of aromatic nitrogens is 3. The van der Waals surface area contributed by atoms with Crippen molar-refractivity contribution in [3.05, 3.63) is 48.5 Å². The van der Waals surface area contributed by atoms with Crippen LogP contribution in [0.25, 0.3) is 0 Å². The molecule has 1 aliphatic heterocycles. The quantitative estimate of drug-likeness (QED) is 0.854. The highest BCUT2D eigenvalue weighted by atomic mass is 16.5. The van der Waals surface area contributed by atoms with Gasteiger partial charge in [-0.3, -0.25) is 9.69 Å². The minimum absolute atomic E-state index is 0.0236. The van der Waals surface area contributed by atoms with Gasteiger partial charge in [-0.2, -0.15) is 5.10 Å². The lowest BCUT2D eigenvalue weighted by Crippen LogP contribution is -2.52. The average molecular weight is 343 g/mol. The lowest BCUT2D eigenvalue weighted by atomic mass is 10.1. The molecule has 7 heteroatoms. The molecule has 1 aliphatic rings. The Morgan fingerprint density at radius 1 is 1.36 bits per heavy atom. The minimum atomic E-state index is -0.442. The molecule has 0 aliphatic carbocycles. The second kappa shape index (κ2) is 8.22. The third-order valence-electron chi connectivity index (χ3n) is 4.64. The molecule has 1 aromatic heterocycles. The first kappa shape index (κ1) is 17.6.